The maximum atomic E-state index is 13.4. The number of alkyl halides is 3. The van der Waals surface area contributed by atoms with Crippen LogP contribution in [0.3, 0.4) is 0 Å². The van der Waals surface area contributed by atoms with Gasteiger partial charge >= 0.3 is 0 Å². The van der Waals surface area contributed by atoms with Crippen molar-refractivity contribution in [3.8, 4) is 17.0 Å². The molecule has 4 nitrogen and oxygen atoms in total. The number of hydrogen-bond donors (Lipinski definition) is 1. The van der Waals surface area contributed by atoms with E-state index in [4.69, 9.17) is 10.5 Å². The molecule has 7 heteroatoms. The summed E-state index contributed by atoms with van der Waals surface area (Å²) in [5, 5.41) is 0. The van der Waals surface area contributed by atoms with Crippen LogP contribution in [0.1, 0.15) is 51.8 Å². The van der Waals surface area contributed by atoms with E-state index in [-0.39, 0.29) is 24.0 Å². The minimum absolute atomic E-state index is 0.0822. The lowest BCUT2D eigenvalue weighted by Gasteiger charge is -2.17. The molecule has 28 heavy (non-hydrogen) atoms. The highest BCUT2D eigenvalue weighted by molar-refractivity contribution is 5.61. The monoisotopic (exact) mass is 399 g/mol. The number of pyridine rings is 2. The van der Waals surface area contributed by atoms with Gasteiger partial charge in [-0.25, -0.2) is 8.78 Å². The van der Waals surface area contributed by atoms with Crippen molar-refractivity contribution < 1.29 is 17.9 Å². The van der Waals surface area contributed by atoms with Crippen LogP contribution in [0.5, 0.6) is 5.75 Å². The Hall–Kier alpha value is -2.15. The number of halogens is 3. The standard InChI is InChI=1S/C18H23F2N3O.C2H6.CH3F/c1-11(2)6-14(21)10-24-17-9-23-16(8-15(17)18(19)20)13-4-5-22-12(3)7-13;2*1-2/h4-5,7-9,11,14,18H,6,10,21H2,1-3H3;1-2H3;1H3. The van der Waals surface area contributed by atoms with Crippen molar-refractivity contribution in [3.05, 3.63) is 41.9 Å². The van der Waals surface area contributed by atoms with Crippen LogP contribution < -0.4 is 10.5 Å². The fourth-order valence-corrected chi connectivity index (χ4v) is 2.48. The van der Waals surface area contributed by atoms with Gasteiger partial charge in [0.25, 0.3) is 6.43 Å². The highest BCUT2D eigenvalue weighted by Crippen LogP contribution is 2.32. The van der Waals surface area contributed by atoms with Crippen LogP contribution in [-0.2, 0) is 0 Å². The molecule has 158 valence electrons. The van der Waals surface area contributed by atoms with Crippen molar-refractivity contribution in [1.29, 1.82) is 0 Å². The van der Waals surface area contributed by atoms with Crippen molar-refractivity contribution in [3.63, 3.8) is 0 Å². The lowest BCUT2D eigenvalue weighted by Crippen LogP contribution is -2.29. The van der Waals surface area contributed by atoms with E-state index in [9.17, 15) is 13.2 Å². The summed E-state index contributed by atoms with van der Waals surface area (Å²) in [7, 11) is 0.500. The molecule has 0 radical (unpaired) electrons. The van der Waals surface area contributed by atoms with Gasteiger partial charge in [-0.3, -0.25) is 14.4 Å². The highest BCUT2D eigenvalue weighted by atomic mass is 19.3. The fraction of sp³-hybridized carbons (Fsp3) is 0.524. The van der Waals surface area contributed by atoms with Crippen LogP contribution in [0.15, 0.2) is 30.6 Å². The molecule has 0 saturated heterocycles. The number of aryl methyl sites for hydroxylation is 1. The molecule has 0 fully saturated rings. The molecule has 0 bridgehead atoms. The first kappa shape index (κ1) is 25.9. The van der Waals surface area contributed by atoms with Gasteiger partial charge in [-0.1, -0.05) is 27.7 Å². The summed E-state index contributed by atoms with van der Waals surface area (Å²) < 4.78 is 41.8. The molecular formula is C21H32F3N3O. The van der Waals surface area contributed by atoms with Crippen molar-refractivity contribution in [2.24, 2.45) is 11.7 Å². The molecule has 2 heterocycles. The molecule has 1 unspecified atom stereocenters. The van der Waals surface area contributed by atoms with Gasteiger partial charge in [0.05, 0.1) is 24.6 Å². The number of ether oxygens (including phenoxy) is 1. The molecular weight excluding hydrogens is 367 g/mol. The van der Waals surface area contributed by atoms with Gasteiger partial charge in [0.15, 0.2) is 0 Å². The Morgan fingerprint density at radius 1 is 1.11 bits per heavy atom. The minimum atomic E-state index is -2.65. The fourth-order valence-electron chi connectivity index (χ4n) is 2.48. The van der Waals surface area contributed by atoms with Crippen LogP contribution in [0, 0.1) is 12.8 Å². The second kappa shape index (κ2) is 13.9. The molecule has 0 spiro atoms. The van der Waals surface area contributed by atoms with Crippen molar-refractivity contribution in [1.82, 2.24) is 9.97 Å². The van der Waals surface area contributed by atoms with Gasteiger partial charge in [-0.2, -0.15) is 0 Å². The second-order valence-electron chi connectivity index (χ2n) is 6.29. The SMILES string of the molecule is CC.CF.Cc1cc(-c2cc(C(F)F)c(OCC(N)CC(C)C)cn2)ccn1. The van der Waals surface area contributed by atoms with Crippen LogP contribution >= 0.6 is 0 Å². The summed E-state index contributed by atoms with van der Waals surface area (Å²) in [4.78, 5) is 8.34. The van der Waals surface area contributed by atoms with Gasteiger partial charge in [-0.15, -0.1) is 0 Å². The number of nitrogens with zero attached hydrogens (tertiary/aromatic N) is 2. The van der Waals surface area contributed by atoms with Crippen LogP contribution in [-0.4, -0.2) is 29.8 Å². The third-order valence-electron chi connectivity index (χ3n) is 3.55. The average Bonchev–Trinajstić information content (AvgIpc) is 2.69. The zero-order chi connectivity index (χ0) is 21.7. The number of nitrogens with two attached hydrogens (primary N) is 1. The molecule has 0 saturated carbocycles. The summed E-state index contributed by atoms with van der Waals surface area (Å²) >= 11 is 0. The number of aromatic nitrogens is 2. The van der Waals surface area contributed by atoms with Crippen molar-refractivity contribution in [2.45, 2.75) is 53.5 Å². The normalized spacial score (nSPS) is 11.3. The Morgan fingerprint density at radius 2 is 1.75 bits per heavy atom. The topological polar surface area (TPSA) is 61.0 Å². The second-order valence-corrected chi connectivity index (χ2v) is 6.29. The van der Waals surface area contributed by atoms with Gasteiger partial charge in [-0.05, 0) is 37.5 Å². The highest BCUT2D eigenvalue weighted by Gasteiger charge is 2.18. The predicted octanol–water partition coefficient (Wildman–Crippen LogP) is 5.75. The van der Waals surface area contributed by atoms with Crippen molar-refractivity contribution in [2.75, 3.05) is 13.8 Å². The zero-order valence-corrected chi connectivity index (χ0v) is 17.5. The molecule has 0 aliphatic rings. The van der Waals surface area contributed by atoms with Crippen LogP contribution in [0.4, 0.5) is 13.2 Å². The molecule has 2 N–H and O–H groups in total. The van der Waals surface area contributed by atoms with Gasteiger partial charge < -0.3 is 10.5 Å². The predicted molar refractivity (Wildman–Crippen MR) is 108 cm³/mol. The van der Waals surface area contributed by atoms with Crippen LogP contribution in [0.2, 0.25) is 0 Å². The van der Waals surface area contributed by atoms with E-state index in [0.29, 0.717) is 18.8 Å². The first-order valence-electron chi connectivity index (χ1n) is 9.34. The van der Waals surface area contributed by atoms with E-state index in [0.717, 1.165) is 17.7 Å². The summed E-state index contributed by atoms with van der Waals surface area (Å²) in [6, 6.07) is 4.71. The van der Waals surface area contributed by atoms with Crippen LogP contribution in [0.25, 0.3) is 11.3 Å². The van der Waals surface area contributed by atoms with Gasteiger partial charge in [0, 0.05) is 23.5 Å². The van der Waals surface area contributed by atoms with E-state index in [1.165, 1.54) is 12.3 Å². The average molecular weight is 400 g/mol. The third kappa shape index (κ3) is 8.69. The third-order valence-corrected chi connectivity index (χ3v) is 3.55. The lowest BCUT2D eigenvalue weighted by atomic mass is 10.1. The van der Waals surface area contributed by atoms with E-state index in [1.807, 2.05) is 20.8 Å². The molecule has 2 rings (SSSR count). The maximum Gasteiger partial charge on any atom is 0.267 e. The Kier molecular flexibility index (Phi) is 12.9. The summed E-state index contributed by atoms with van der Waals surface area (Å²) in [6.45, 7) is 10.1. The van der Waals surface area contributed by atoms with E-state index < -0.39 is 6.43 Å². The molecule has 0 amide bonds. The van der Waals surface area contributed by atoms with E-state index in [2.05, 4.69) is 23.8 Å². The molecule has 0 aliphatic heterocycles. The Bertz CT molecular complexity index is 682. The smallest absolute Gasteiger partial charge is 0.267 e. The van der Waals surface area contributed by atoms with Crippen molar-refractivity contribution >= 4 is 0 Å². The number of hydrogen-bond acceptors (Lipinski definition) is 4. The quantitative estimate of drug-likeness (QED) is 0.644. The van der Waals surface area contributed by atoms with Gasteiger partial charge in [0.1, 0.15) is 12.4 Å². The molecule has 0 aromatic carbocycles. The first-order chi connectivity index (χ1) is 13.4. The minimum Gasteiger partial charge on any atom is -0.490 e. The summed E-state index contributed by atoms with van der Waals surface area (Å²) in [5.41, 5.74) is 7.78. The lowest BCUT2D eigenvalue weighted by molar-refractivity contribution is 0.143. The van der Waals surface area contributed by atoms with E-state index >= 15 is 0 Å². The molecule has 0 aliphatic carbocycles. The Morgan fingerprint density at radius 3 is 2.29 bits per heavy atom. The first-order valence-corrected chi connectivity index (χ1v) is 9.34. The molecule has 1 atom stereocenters. The zero-order valence-electron chi connectivity index (χ0n) is 17.5. The van der Waals surface area contributed by atoms with Gasteiger partial charge in [0.2, 0.25) is 0 Å². The van der Waals surface area contributed by atoms with E-state index in [1.54, 1.807) is 18.3 Å². The Balaban J connectivity index is 0.00000171. The largest absolute Gasteiger partial charge is 0.490 e. The molecule has 2 aromatic rings. The number of rotatable bonds is 7. The summed E-state index contributed by atoms with van der Waals surface area (Å²) in [6.07, 6.45) is 1.09. The maximum absolute atomic E-state index is 13.4. The Labute approximate surface area is 166 Å². The molecule has 2 aromatic heterocycles. The summed E-state index contributed by atoms with van der Waals surface area (Å²) in [5.74, 6) is 0.507.